The molecule has 0 amide bonds. The first-order chi connectivity index (χ1) is 11.3. The van der Waals surface area contributed by atoms with Gasteiger partial charge in [-0.15, -0.1) is 0 Å². The van der Waals surface area contributed by atoms with Crippen molar-refractivity contribution in [3.63, 3.8) is 0 Å². The van der Waals surface area contributed by atoms with E-state index in [1.54, 1.807) is 6.20 Å². The van der Waals surface area contributed by atoms with Crippen LogP contribution in [0.25, 0.3) is 16.7 Å². The summed E-state index contributed by atoms with van der Waals surface area (Å²) < 4.78 is 1.81. The smallest absolute Gasteiger partial charge is 0.168 e. The lowest BCUT2D eigenvalue weighted by Crippen LogP contribution is -2.15. The molecule has 1 aliphatic carbocycles. The maximum Gasteiger partial charge on any atom is 0.168 e. The van der Waals surface area contributed by atoms with Gasteiger partial charge < -0.3 is 11.1 Å². The van der Waals surface area contributed by atoms with Crippen LogP contribution in [0.4, 0.5) is 5.82 Å². The Morgan fingerprint density at radius 2 is 2.17 bits per heavy atom. The first-order valence-corrected chi connectivity index (χ1v) is 8.09. The highest BCUT2D eigenvalue weighted by atomic mass is 35.5. The number of nitrogens with one attached hydrogen (secondary N) is 1. The Hall–Kier alpha value is -2.18. The standard InChI is InChI=1S/C16H17ClN6/c17-11-2-1-3-12(8-11)23-16-13(9-20-23)15(19-7-6-18)21-14(22-16)10-4-5-10/h1-3,8-10H,4-7,18H2,(H,19,21,22). The predicted octanol–water partition coefficient (Wildman–Crippen LogP) is 2.72. The molecule has 3 aromatic rings. The molecule has 0 spiro atoms. The molecule has 0 unspecified atom stereocenters. The molecule has 0 saturated heterocycles. The summed E-state index contributed by atoms with van der Waals surface area (Å²) in [6.07, 6.45) is 4.08. The van der Waals surface area contributed by atoms with Gasteiger partial charge in [0.1, 0.15) is 11.6 Å². The van der Waals surface area contributed by atoms with Crippen molar-refractivity contribution in [2.24, 2.45) is 5.73 Å². The zero-order valence-corrected chi connectivity index (χ0v) is 13.3. The van der Waals surface area contributed by atoms with Crippen LogP contribution in [-0.4, -0.2) is 32.8 Å². The third-order valence-corrected chi connectivity index (χ3v) is 4.11. The minimum Gasteiger partial charge on any atom is -0.368 e. The summed E-state index contributed by atoms with van der Waals surface area (Å²) in [4.78, 5) is 9.41. The van der Waals surface area contributed by atoms with E-state index < -0.39 is 0 Å². The van der Waals surface area contributed by atoms with E-state index in [0.29, 0.717) is 24.0 Å². The number of aromatic nitrogens is 4. The van der Waals surface area contributed by atoms with Crippen LogP contribution in [0.2, 0.25) is 5.02 Å². The number of nitrogens with two attached hydrogens (primary N) is 1. The molecule has 118 valence electrons. The highest BCUT2D eigenvalue weighted by molar-refractivity contribution is 6.30. The van der Waals surface area contributed by atoms with Crippen molar-refractivity contribution in [2.75, 3.05) is 18.4 Å². The molecule has 4 rings (SSSR count). The van der Waals surface area contributed by atoms with E-state index in [4.69, 9.17) is 22.3 Å². The van der Waals surface area contributed by atoms with Gasteiger partial charge in [0.15, 0.2) is 5.65 Å². The van der Waals surface area contributed by atoms with Crippen molar-refractivity contribution < 1.29 is 0 Å². The minimum atomic E-state index is 0.459. The molecule has 23 heavy (non-hydrogen) atoms. The molecule has 6 nitrogen and oxygen atoms in total. The topological polar surface area (TPSA) is 81.7 Å². The molecule has 0 aliphatic heterocycles. The summed E-state index contributed by atoms with van der Waals surface area (Å²) in [6, 6.07) is 7.58. The van der Waals surface area contributed by atoms with E-state index in [-0.39, 0.29) is 0 Å². The number of fused-ring (bicyclic) bond motifs is 1. The Morgan fingerprint density at radius 1 is 1.30 bits per heavy atom. The Labute approximate surface area is 138 Å². The Balaban J connectivity index is 1.87. The average Bonchev–Trinajstić information content (AvgIpc) is 3.32. The van der Waals surface area contributed by atoms with Gasteiger partial charge in [-0.05, 0) is 31.0 Å². The van der Waals surface area contributed by atoms with Crippen LogP contribution in [0.5, 0.6) is 0 Å². The van der Waals surface area contributed by atoms with Gasteiger partial charge in [0, 0.05) is 24.0 Å². The van der Waals surface area contributed by atoms with E-state index in [1.807, 2.05) is 28.9 Å². The number of halogens is 1. The molecule has 2 heterocycles. The molecular formula is C16H17ClN6. The van der Waals surface area contributed by atoms with Gasteiger partial charge in [-0.2, -0.15) is 5.10 Å². The second kappa shape index (κ2) is 5.79. The normalized spacial score (nSPS) is 14.3. The van der Waals surface area contributed by atoms with Gasteiger partial charge in [-0.25, -0.2) is 14.6 Å². The van der Waals surface area contributed by atoms with Gasteiger partial charge in [0.2, 0.25) is 0 Å². The lowest BCUT2D eigenvalue weighted by molar-refractivity contribution is 0.872. The highest BCUT2D eigenvalue weighted by Gasteiger charge is 2.28. The van der Waals surface area contributed by atoms with E-state index >= 15 is 0 Å². The molecule has 7 heteroatoms. The zero-order chi connectivity index (χ0) is 15.8. The van der Waals surface area contributed by atoms with Crippen LogP contribution in [0, 0.1) is 0 Å². The lowest BCUT2D eigenvalue weighted by Gasteiger charge is -2.09. The fraction of sp³-hybridized carbons (Fsp3) is 0.312. The summed E-state index contributed by atoms with van der Waals surface area (Å²) >= 11 is 6.10. The zero-order valence-electron chi connectivity index (χ0n) is 12.5. The molecule has 3 N–H and O–H groups in total. The van der Waals surface area contributed by atoms with Crippen molar-refractivity contribution in [1.29, 1.82) is 0 Å². The van der Waals surface area contributed by atoms with Crippen molar-refractivity contribution in [1.82, 2.24) is 19.7 Å². The van der Waals surface area contributed by atoms with Crippen LogP contribution in [0.1, 0.15) is 24.6 Å². The van der Waals surface area contributed by atoms with Crippen molar-refractivity contribution >= 4 is 28.5 Å². The SMILES string of the molecule is NCCNc1nc(C2CC2)nc2c1cnn2-c1cccc(Cl)c1. The second-order valence-corrected chi connectivity index (χ2v) is 6.13. The number of nitrogens with zero attached hydrogens (tertiary/aromatic N) is 4. The summed E-state index contributed by atoms with van der Waals surface area (Å²) in [5.41, 5.74) is 7.28. The van der Waals surface area contributed by atoms with Gasteiger partial charge in [-0.1, -0.05) is 17.7 Å². The molecule has 0 bridgehead atoms. The van der Waals surface area contributed by atoms with E-state index in [1.165, 1.54) is 0 Å². The third-order valence-electron chi connectivity index (χ3n) is 3.88. The summed E-state index contributed by atoms with van der Waals surface area (Å²) in [5.74, 6) is 2.14. The Bertz CT molecular complexity index is 855. The van der Waals surface area contributed by atoms with Crippen LogP contribution >= 0.6 is 11.6 Å². The molecular weight excluding hydrogens is 312 g/mol. The molecule has 1 aliphatic rings. The molecule has 0 atom stereocenters. The predicted molar refractivity (Wildman–Crippen MR) is 91.2 cm³/mol. The van der Waals surface area contributed by atoms with Crippen LogP contribution in [0.15, 0.2) is 30.5 Å². The summed E-state index contributed by atoms with van der Waals surface area (Å²) in [5, 5.41) is 9.32. The number of benzene rings is 1. The minimum absolute atomic E-state index is 0.459. The molecule has 1 aromatic carbocycles. The monoisotopic (exact) mass is 328 g/mol. The molecule has 1 fully saturated rings. The molecule has 0 radical (unpaired) electrons. The van der Waals surface area contributed by atoms with Gasteiger partial charge in [0.25, 0.3) is 0 Å². The maximum absolute atomic E-state index is 6.10. The summed E-state index contributed by atoms with van der Waals surface area (Å²) in [6.45, 7) is 1.21. The first kappa shape index (κ1) is 14.4. The number of hydrogen-bond acceptors (Lipinski definition) is 5. The average molecular weight is 329 g/mol. The first-order valence-electron chi connectivity index (χ1n) is 7.72. The number of rotatable bonds is 5. The summed E-state index contributed by atoms with van der Waals surface area (Å²) in [7, 11) is 0. The van der Waals surface area contributed by atoms with Crippen LogP contribution in [-0.2, 0) is 0 Å². The van der Waals surface area contributed by atoms with E-state index in [9.17, 15) is 0 Å². The van der Waals surface area contributed by atoms with E-state index in [0.717, 1.165) is 41.2 Å². The largest absolute Gasteiger partial charge is 0.368 e. The van der Waals surface area contributed by atoms with Crippen LogP contribution in [0.3, 0.4) is 0 Å². The fourth-order valence-electron chi connectivity index (χ4n) is 2.57. The Kier molecular flexibility index (Phi) is 3.63. The van der Waals surface area contributed by atoms with Crippen molar-refractivity contribution in [3.05, 3.63) is 41.3 Å². The van der Waals surface area contributed by atoms with Crippen molar-refractivity contribution in [3.8, 4) is 5.69 Å². The van der Waals surface area contributed by atoms with Crippen molar-refractivity contribution in [2.45, 2.75) is 18.8 Å². The molecule has 1 saturated carbocycles. The van der Waals surface area contributed by atoms with Crippen LogP contribution < -0.4 is 11.1 Å². The van der Waals surface area contributed by atoms with Gasteiger partial charge in [-0.3, -0.25) is 0 Å². The van der Waals surface area contributed by atoms with Gasteiger partial charge in [0.05, 0.1) is 17.3 Å². The Morgan fingerprint density at radius 3 is 2.91 bits per heavy atom. The number of anilines is 1. The quantitative estimate of drug-likeness (QED) is 0.752. The lowest BCUT2D eigenvalue weighted by atomic mass is 10.3. The van der Waals surface area contributed by atoms with E-state index in [2.05, 4.69) is 15.4 Å². The maximum atomic E-state index is 6.10. The highest BCUT2D eigenvalue weighted by Crippen LogP contribution is 2.39. The molecule has 2 aromatic heterocycles. The number of hydrogen-bond donors (Lipinski definition) is 2. The second-order valence-electron chi connectivity index (χ2n) is 5.69. The fourth-order valence-corrected chi connectivity index (χ4v) is 2.76. The van der Waals surface area contributed by atoms with Gasteiger partial charge >= 0.3 is 0 Å². The third kappa shape index (κ3) is 2.75.